The van der Waals surface area contributed by atoms with Gasteiger partial charge in [-0.15, -0.1) is 0 Å². The normalized spacial score (nSPS) is 10.7. The highest BCUT2D eigenvalue weighted by Crippen LogP contribution is 2.23. The van der Waals surface area contributed by atoms with E-state index >= 15 is 0 Å². The molecular formula is C20H17BrN2O4S. The van der Waals surface area contributed by atoms with Crippen LogP contribution in [0.2, 0.25) is 0 Å². The summed E-state index contributed by atoms with van der Waals surface area (Å²) < 4.78 is 5.68. The number of carbonyl (C=O) groups excluding carboxylic acids is 2. The Morgan fingerprint density at radius 1 is 1.18 bits per heavy atom. The van der Waals surface area contributed by atoms with Crippen LogP contribution in [-0.2, 0) is 9.53 Å². The molecule has 0 fully saturated rings. The Morgan fingerprint density at radius 3 is 2.57 bits per heavy atom. The van der Waals surface area contributed by atoms with Gasteiger partial charge in [0.25, 0.3) is 0 Å². The van der Waals surface area contributed by atoms with Crippen LogP contribution in [0, 0.1) is 6.92 Å². The highest BCUT2D eigenvalue weighted by atomic mass is 79.9. The Hall–Kier alpha value is -2.58. The molecule has 0 unspecified atom stereocenters. The third-order valence-corrected chi connectivity index (χ3v) is 5.52. The first kappa shape index (κ1) is 20.2. The fourth-order valence-corrected chi connectivity index (χ4v) is 3.76. The summed E-state index contributed by atoms with van der Waals surface area (Å²) in [4.78, 5) is 40.4. The van der Waals surface area contributed by atoms with Crippen LogP contribution in [-0.4, -0.2) is 29.7 Å². The van der Waals surface area contributed by atoms with Crippen molar-refractivity contribution in [2.75, 3.05) is 18.2 Å². The summed E-state index contributed by atoms with van der Waals surface area (Å²) in [5.74, 6) is -0.971. The number of ether oxygens (including phenoxy) is 1. The molecule has 2 N–H and O–H groups in total. The highest BCUT2D eigenvalue weighted by Gasteiger charge is 2.21. The number of hydrogen-bond acceptors (Lipinski definition) is 5. The summed E-state index contributed by atoms with van der Waals surface area (Å²) in [6, 6.07) is 12.5. The maximum Gasteiger partial charge on any atom is 0.344 e. The van der Waals surface area contributed by atoms with Crippen molar-refractivity contribution >= 4 is 56.2 Å². The van der Waals surface area contributed by atoms with Crippen molar-refractivity contribution in [3.05, 3.63) is 68.3 Å². The van der Waals surface area contributed by atoms with Crippen LogP contribution < -0.4 is 10.7 Å². The number of fused-ring (bicyclic) bond motifs is 1. The zero-order chi connectivity index (χ0) is 20.3. The van der Waals surface area contributed by atoms with Crippen LogP contribution in [0.3, 0.4) is 0 Å². The number of amides is 1. The first-order chi connectivity index (χ1) is 13.4. The van der Waals surface area contributed by atoms with Gasteiger partial charge in [0, 0.05) is 15.5 Å². The van der Waals surface area contributed by atoms with Crippen LogP contribution in [0.1, 0.15) is 15.9 Å². The van der Waals surface area contributed by atoms with Gasteiger partial charge in [-0.3, -0.25) is 9.59 Å². The van der Waals surface area contributed by atoms with Crippen LogP contribution in [0.4, 0.5) is 5.69 Å². The molecule has 3 rings (SSSR count). The Kier molecular flexibility index (Phi) is 6.21. The molecule has 28 heavy (non-hydrogen) atoms. The van der Waals surface area contributed by atoms with Crippen molar-refractivity contribution in [3.63, 3.8) is 0 Å². The van der Waals surface area contributed by atoms with E-state index in [9.17, 15) is 14.4 Å². The molecule has 1 amide bonds. The third-order valence-electron chi connectivity index (χ3n) is 3.99. The summed E-state index contributed by atoms with van der Waals surface area (Å²) in [5, 5.41) is 3.48. The summed E-state index contributed by atoms with van der Waals surface area (Å²) in [6.45, 7) is 1.87. The van der Waals surface area contributed by atoms with Crippen molar-refractivity contribution in [1.82, 2.24) is 4.98 Å². The van der Waals surface area contributed by atoms with Crippen LogP contribution in [0.15, 0.2) is 56.8 Å². The van der Waals surface area contributed by atoms with Crippen molar-refractivity contribution < 1.29 is 14.3 Å². The Balaban J connectivity index is 1.88. The lowest BCUT2D eigenvalue weighted by Gasteiger charge is -2.10. The number of aryl methyl sites for hydroxylation is 1. The number of aromatic nitrogens is 1. The second-order valence-corrected chi connectivity index (χ2v) is 7.94. The molecule has 0 bridgehead atoms. The van der Waals surface area contributed by atoms with E-state index in [0.29, 0.717) is 21.6 Å². The number of anilines is 1. The topological polar surface area (TPSA) is 88.3 Å². The van der Waals surface area contributed by atoms with Crippen molar-refractivity contribution in [1.29, 1.82) is 0 Å². The minimum absolute atomic E-state index is 0.0212. The van der Waals surface area contributed by atoms with Gasteiger partial charge in [-0.25, -0.2) is 4.79 Å². The van der Waals surface area contributed by atoms with Gasteiger partial charge in [0.1, 0.15) is 5.56 Å². The first-order valence-corrected chi connectivity index (χ1v) is 10.1. The zero-order valence-corrected chi connectivity index (χ0v) is 17.6. The van der Waals surface area contributed by atoms with Crippen LogP contribution in [0.5, 0.6) is 0 Å². The average Bonchev–Trinajstić information content (AvgIpc) is 2.68. The molecule has 0 atom stereocenters. The fourth-order valence-electron chi connectivity index (χ4n) is 2.64. The molecule has 2 aromatic carbocycles. The highest BCUT2D eigenvalue weighted by molar-refractivity contribution is 9.10. The van der Waals surface area contributed by atoms with Gasteiger partial charge in [0.05, 0.1) is 23.4 Å². The van der Waals surface area contributed by atoms with E-state index in [1.54, 1.807) is 24.3 Å². The van der Waals surface area contributed by atoms with Gasteiger partial charge in [-0.1, -0.05) is 39.3 Å². The minimum Gasteiger partial charge on any atom is -0.465 e. The largest absolute Gasteiger partial charge is 0.465 e. The molecule has 0 saturated carbocycles. The summed E-state index contributed by atoms with van der Waals surface area (Å²) in [5.41, 5.74) is 1.65. The second kappa shape index (κ2) is 8.62. The number of benzene rings is 2. The molecule has 0 radical (unpaired) electrons. The predicted molar refractivity (Wildman–Crippen MR) is 114 cm³/mol. The van der Waals surface area contributed by atoms with E-state index in [-0.39, 0.29) is 17.2 Å². The van der Waals surface area contributed by atoms with E-state index in [1.165, 1.54) is 7.11 Å². The van der Waals surface area contributed by atoms with E-state index in [2.05, 4.69) is 26.2 Å². The number of aromatic amines is 1. The summed E-state index contributed by atoms with van der Waals surface area (Å²) >= 11 is 4.41. The van der Waals surface area contributed by atoms with Gasteiger partial charge >= 0.3 is 5.97 Å². The van der Waals surface area contributed by atoms with E-state index in [1.807, 2.05) is 25.1 Å². The number of hydrogen-bond donors (Lipinski definition) is 2. The predicted octanol–water partition coefficient (Wildman–Crippen LogP) is 4.12. The zero-order valence-electron chi connectivity index (χ0n) is 15.2. The Labute approximate surface area is 173 Å². The van der Waals surface area contributed by atoms with Crippen LogP contribution in [0.25, 0.3) is 10.9 Å². The van der Waals surface area contributed by atoms with E-state index < -0.39 is 11.4 Å². The number of methoxy groups -OCH3 is 1. The molecule has 6 nitrogen and oxygen atoms in total. The molecule has 0 aliphatic rings. The molecule has 8 heteroatoms. The molecule has 1 heterocycles. The number of H-pyrrole nitrogens is 1. The second-order valence-electron chi connectivity index (χ2n) is 6.04. The minimum atomic E-state index is -0.736. The molecular weight excluding hydrogens is 444 g/mol. The molecule has 1 aromatic heterocycles. The van der Waals surface area contributed by atoms with Crippen molar-refractivity contribution in [2.45, 2.75) is 11.9 Å². The average molecular weight is 461 g/mol. The number of halogens is 1. The lowest BCUT2D eigenvalue weighted by molar-refractivity contribution is -0.113. The number of pyridine rings is 1. The monoisotopic (exact) mass is 460 g/mol. The maximum absolute atomic E-state index is 12.8. The number of thioether (sulfide) groups is 1. The molecule has 0 saturated heterocycles. The van der Waals surface area contributed by atoms with Gasteiger partial charge in [-0.2, -0.15) is 0 Å². The fraction of sp³-hybridized carbons (Fsp3) is 0.150. The standard InChI is InChI=1S/C20H17BrN2O4S/c1-11-3-8-15-14(9-11)18(25)17(20(26)27-2)19(23-15)28-10-16(24)22-13-6-4-12(21)5-7-13/h3-9H,10H2,1-2H3,(H,22,24)(H,23,25). The number of rotatable bonds is 5. The summed E-state index contributed by atoms with van der Waals surface area (Å²) in [7, 11) is 1.22. The van der Waals surface area contributed by atoms with Crippen molar-refractivity contribution in [2.24, 2.45) is 0 Å². The summed E-state index contributed by atoms with van der Waals surface area (Å²) in [6.07, 6.45) is 0. The van der Waals surface area contributed by atoms with E-state index in [0.717, 1.165) is 21.8 Å². The van der Waals surface area contributed by atoms with Gasteiger partial charge < -0.3 is 15.0 Å². The lowest BCUT2D eigenvalue weighted by atomic mass is 10.1. The van der Waals surface area contributed by atoms with E-state index in [4.69, 9.17) is 4.74 Å². The molecule has 0 spiro atoms. The maximum atomic E-state index is 12.8. The molecule has 3 aromatic rings. The molecule has 144 valence electrons. The molecule has 0 aliphatic carbocycles. The smallest absolute Gasteiger partial charge is 0.344 e. The Bertz CT molecular complexity index is 1110. The third kappa shape index (κ3) is 4.45. The number of esters is 1. The Morgan fingerprint density at radius 2 is 1.89 bits per heavy atom. The van der Waals surface area contributed by atoms with Gasteiger partial charge in [0.15, 0.2) is 0 Å². The van der Waals surface area contributed by atoms with Crippen molar-refractivity contribution in [3.8, 4) is 0 Å². The van der Waals surface area contributed by atoms with Gasteiger partial charge in [0.2, 0.25) is 11.3 Å². The SMILES string of the molecule is COC(=O)c1c(SCC(=O)Nc2ccc(Br)cc2)[nH]c2ccc(C)cc2c1=O. The number of nitrogens with one attached hydrogen (secondary N) is 2. The molecule has 0 aliphatic heterocycles. The first-order valence-electron chi connectivity index (χ1n) is 8.32. The quantitative estimate of drug-likeness (QED) is 0.441. The van der Waals surface area contributed by atoms with Crippen LogP contribution >= 0.6 is 27.7 Å². The lowest BCUT2D eigenvalue weighted by Crippen LogP contribution is -2.20. The van der Waals surface area contributed by atoms with Gasteiger partial charge in [-0.05, 0) is 43.3 Å². The number of carbonyl (C=O) groups is 2.